The molecule has 0 bridgehead atoms. The third-order valence-corrected chi connectivity index (χ3v) is 13.3. The van der Waals surface area contributed by atoms with E-state index in [1.807, 2.05) is 0 Å². The number of nitrogens with zero attached hydrogens (tertiary/aromatic N) is 3. The molecule has 4 heteroatoms. The lowest BCUT2D eigenvalue weighted by Crippen LogP contribution is -1.94. The van der Waals surface area contributed by atoms with Crippen LogP contribution >= 0.6 is 0 Å². The van der Waals surface area contributed by atoms with Crippen molar-refractivity contribution in [1.82, 2.24) is 13.7 Å². The fraction of sp³-hybridized carbons (Fsp3) is 0.0164. The monoisotopic (exact) mass is 831 g/mol. The van der Waals surface area contributed by atoms with Crippen LogP contribution in [0.1, 0.15) is 0 Å². The van der Waals surface area contributed by atoms with Gasteiger partial charge in [0.15, 0.2) is 0 Å². The maximum atomic E-state index is 6.88. The topological polar surface area (TPSA) is 24.0 Å². The number of rotatable bonds is 7. The van der Waals surface area contributed by atoms with Gasteiger partial charge in [-0.3, -0.25) is 0 Å². The minimum absolute atomic E-state index is 0.787. The van der Waals surface area contributed by atoms with Crippen molar-refractivity contribution in [2.45, 2.75) is 0 Å². The van der Waals surface area contributed by atoms with Crippen LogP contribution in [0.25, 0.3) is 110 Å². The molecule has 306 valence electrons. The Morgan fingerprint density at radius 1 is 0.262 bits per heavy atom. The molecule has 0 spiro atoms. The van der Waals surface area contributed by atoms with Crippen molar-refractivity contribution in [2.24, 2.45) is 7.05 Å². The number of hydrogen-bond donors (Lipinski definition) is 0. The standard InChI is InChI=1S/C61H41N3O/c1-62-56-23-12-11-22-50(56)51-37-45(24-29-57(51)62)42-18-13-21-47(34-42)64-59-31-26-44(41-16-7-3-8-17-41)36-53(59)55-39-49(28-33-61(55)64)65-48-27-32-60-54(38-48)52-35-43(40-14-5-2-6-15-40)25-30-58(52)63(60)46-19-9-4-10-20-46/h2-39H,1H3. The molecule has 0 aliphatic rings. The van der Waals surface area contributed by atoms with Crippen LogP contribution in [0.4, 0.5) is 0 Å². The van der Waals surface area contributed by atoms with Crippen molar-refractivity contribution in [3.63, 3.8) is 0 Å². The summed E-state index contributed by atoms with van der Waals surface area (Å²) in [6, 6.07) is 83.0. The van der Waals surface area contributed by atoms with E-state index in [0.717, 1.165) is 55.7 Å². The highest BCUT2D eigenvalue weighted by molar-refractivity contribution is 6.13. The number of hydrogen-bond acceptors (Lipinski definition) is 1. The predicted molar refractivity (Wildman–Crippen MR) is 272 cm³/mol. The van der Waals surface area contributed by atoms with E-state index >= 15 is 0 Å². The van der Waals surface area contributed by atoms with Gasteiger partial charge in [-0.25, -0.2) is 0 Å². The molecule has 65 heavy (non-hydrogen) atoms. The third-order valence-electron chi connectivity index (χ3n) is 13.3. The molecule has 3 aromatic heterocycles. The van der Waals surface area contributed by atoms with Crippen molar-refractivity contribution in [2.75, 3.05) is 0 Å². The first kappa shape index (κ1) is 37.0. The molecular weight excluding hydrogens is 791 g/mol. The van der Waals surface area contributed by atoms with Crippen LogP contribution in [0.2, 0.25) is 0 Å². The Balaban J connectivity index is 0.944. The molecule has 0 saturated heterocycles. The molecule has 0 aliphatic carbocycles. The SMILES string of the molecule is Cn1c2ccccc2c2cc(-c3cccc(-n4c5ccc(Oc6ccc7c(c6)c6cc(-c8ccccc8)ccc6n7-c6ccccc6)cc5c5cc(-c6ccccc6)ccc54)c3)ccc21. The summed E-state index contributed by atoms with van der Waals surface area (Å²) in [7, 11) is 2.15. The van der Waals surface area contributed by atoms with E-state index in [1.54, 1.807) is 0 Å². The maximum absolute atomic E-state index is 6.88. The zero-order valence-corrected chi connectivity index (χ0v) is 35.7. The molecule has 3 heterocycles. The van der Waals surface area contributed by atoms with Crippen LogP contribution in [0.5, 0.6) is 11.5 Å². The fourth-order valence-electron chi connectivity index (χ4n) is 10.2. The van der Waals surface area contributed by atoms with Crippen LogP contribution in [0.15, 0.2) is 231 Å². The van der Waals surface area contributed by atoms with E-state index in [9.17, 15) is 0 Å². The molecule has 4 nitrogen and oxygen atoms in total. The molecule has 0 N–H and O–H groups in total. The van der Waals surface area contributed by atoms with Gasteiger partial charge in [0.2, 0.25) is 0 Å². The van der Waals surface area contributed by atoms with Gasteiger partial charge < -0.3 is 18.4 Å². The molecule has 0 amide bonds. The van der Waals surface area contributed by atoms with Gasteiger partial charge in [-0.1, -0.05) is 127 Å². The number of aryl methyl sites for hydroxylation is 1. The van der Waals surface area contributed by atoms with Gasteiger partial charge in [0, 0.05) is 61.8 Å². The highest BCUT2D eigenvalue weighted by Gasteiger charge is 2.18. The van der Waals surface area contributed by atoms with Crippen LogP contribution < -0.4 is 4.74 Å². The first-order valence-corrected chi connectivity index (χ1v) is 22.2. The van der Waals surface area contributed by atoms with Crippen LogP contribution in [-0.4, -0.2) is 13.7 Å². The first-order chi connectivity index (χ1) is 32.1. The second-order valence-electron chi connectivity index (χ2n) is 17.0. The summed E-state index contributed by atoms with van der Waals surface area (Å²) in [5, 5.41) is 7.16. The molecule has 13 aromatic rings. The van der Waals surface area contributed by atoms with Crippen molar-refractivity contribution in [3.8, 4) is 56.3 Å². The second kappa shape index (κ2) is 14.8. The summed E-state index contributed by atoms with van der Waals surface area (Å²) < 4.78 is 13.9. The predicted octanol–water partition coefficient (Wildman–Crippen LogP) is 16.3. The summed E-state index contributed by atoms with van der Waals surface area (Å²) in [6.45, 7) is 0. The lowest BCUT2D eigenvalue weighted by Gasteiger charge is -2.12. The smallest absolute Gasteiger partial charge is 0.128 e. The summed E-state index contributed by atoms with van der Waals surface area (Å²) in [6.07, 6.45) is 0. The Morgan fingerprint density at radius 2 is 0.646 bits per heavy atom. The van der Waals surface area contributed by atoms with Crippen molar-refractivity contribution >= 4 is 65.4 Å². The maximum Gasteiger partial charge on any atom is 0.128 e. The van der Waals surface area contributed by atoms with Gasteiger partial charge in [0.25, 0.3) is 0 Å². The van der Waals surface area contributed by atoms with E-state index in [-0.39, 0.29) is 0 Å². The van der Waals surface area contributed by atoms with Gasteiger partial charge in [0.05, 0.1) is 22.1 Å². The molecule has 0 fully saturated rings. The van der Waals surface area contributed by atoms with Crippen molar-refractivity contribution in [1.29, 1.82) is 0 Å². The van der Waals surface area contributed by atoms with E-state index in [4.69, 9.17) is 4.74 Å². The quantitative estimate of drug-likeness (QED) is 0.157. The summed E-state index contributed by atoms with van der Waals surface area (Å²) in [4.78, 5) is 0. The molecule has 0 atom stereocenters. The highest BCUT2D eigenvalue weighted by Crippen LogP contribution is 2.41. The first-order valence-electron chi connectivity index (χ1n) is 22.2. The van der Waals surface area contributed by atoms with E-state index in [0.29, 0.717) is 0 Å². The molecule has 10 aromatic carbocycles. The lowest BCUT2D eigenvalue weighted by molar-refractivity contribution is 0.484. The number of ether oxygens (including phenoxy) is 1. The molecule has 0 aliphatic heterocycles. The Labute approximate surface area is 376 Å². The lowest BCUT2D eigenvalue weighted by atomic mass is 10.0. The Hall–Kier alpha value is -8.60. The third kappa shape index (κ3) is 6.06. The summed E-state index contributed by atoms with van der Waals surface area (Å²) in [5.74, 6) is 1.58. The Bertz CT molecular complexity index is 3970. The average molecular weight is 832 g/mol. The molecule has 0 saturated carbocycles. The van der Waals surface area contributed by atoms with Crippen molar-refractivity contribution in [3.05, 3.63) is 231 Å². The van der Waals surface area contributed by atoms with Gasteiger partial charge in [-0.15, -0.1) is 0 Å². The number of fused-ring (bicyclic) bond motifs is 9. The number of para-hydroxylation sites is 2. The van der Waals surface area contributed by atoms with Gasteiger partial charge in [-0.2, -0.15) is 0 Å². The zero-order valence-electron chi connectivity index (χ0n) is 35.7. The number of benzene rings is 10. The molecule has 0 radical (unpaired) electrons. The summed E-state index contributed by atoms with van der Waals surface area (Å²) in [5.41, 5.74) is 16.4. The van der Waals surface area contributed by atoms with Gasteiger partial charge in [0.1, 0.15) is 11.5 Å². The highest BCUT2D eigenvalue weighted by atomic mass is 16.5. The Morgan fingerprint density at radius 3 is 1.23 bits per heavy atom. The van der Waals surface area contributed by atoms with E-state index in [1.165, 1.54) is 66.0 Å². The average Bonchev–Trinajstić information content (AvgIpc) is 3.98. The summed E-state index contributed by atoms with van der Waals surface area (Å²) >= 11 is 0. The molecule has 13 rings (SSSR count). The van der Waals surface area contributed by atoms with Crippen molar-refractivity contribution < 1.29 is 4.74 Å². The minimum Gasteiger partial charge on any atom is -0.457 e. The zero-order chi connectivity index (χ0) is 43.0. The van der Waals surface area contributed by atoms with Gasteiger partial charge >= 0.3 is 0 Å². The van der Waals surface area contributed by atoms with E-state index < -0.39 is 0 Å². The Kier molecular flexibility index (Phi) is 8.40. The fourth-order valence-corrected chi connectivity index (χ4v) is 10.2. The molecular formula is C61H41N3O. The minimum atomic E-state index is 0.787. The second-order valence-corrected chi connectivity index (χ2v) is 17.0. The largest absolute Gasteiger partial charge is 0.457 e. The number of aromatic nitrogens is 3. The van der Waals surface area contributed by atoms with Crippen LogP contribution in [-0.2, 0) is 7.05 Å². The van der Waals surface area contributed by atoms with E-state index in [2.05, 4.69) is 251 Å². The van der Waals surface area contributed by atoms with Crippen LogP contribution in [0, 0.1) is 0 Å². The van der Waals surface area contributed by atoms with Crippen LogP contribution in [0.3, 0.4) is 0 Å². The van der Waals surface area contributed by atoms with Gasteiger partial charge in [-0.05, 0) is 137 Å². The molecule has 0 unspecified atom stereocenters. The normalized spacial score (nSPS) is 11.8.